The van der Waals surface area contributed by atoms with Crippen LogP contribution in [0.2, 0.25) is 0 Å². The third kappa shape index (κ3) is 10.2. The van der Waals surface area contributed by atoms with Gasteiger partial charge in [-0.05, 0) is 38.2 Å². The van der Waals surface area contributed by atoms with E-state index in [1.165, 1.54) is 0 Å². The normalized spacial score (nSPS) is 21.2. The highest BCUT2D eigenvalue weighted by Crippen LogP contribution is 2.27. The predicted molar refractivity (Wildman–Crippen MR) is 109 cm³/mol. The van der Waals surface area contributed by atoms with Crippen LogP contribution in [0, 0.1) is 11.8 Å². The summed E-state index contributed by atoms with van der Waals surface area (Å²) < 4.78 is 0. The summed E-state index contributed by atoms with van der Waals surface area (Å²) in [6, 6.07) is 0. The van der Waals surface area contributed by atoms with Gasteiger partial charge in [-0.15, -0.1) is 0 Å². The van der Waals surface area contributed by atoms with Crippen molar-refractivity contribution < 1.29 is 19.8 Å². The van der Waals surface area contributed by atoms with Gasteiger partial charge in [0.1, 0.15) is 6.61 Å². The monoisotopic (exact) mass is 374 g/mol. The molecule has 150 valence electrons. The van der Waals surface area contributed by atoms with Crippen molar-refractivity contribution >= 4 is 11.6 Å². The van der Waals surface area contributed by atoms with Crippen LogP contribution < -0.4 is 0 Å². The van der Waals surface area contributed by atoms with Gasteiger partial charge in [-0.25, -0.2) is 0 Å². The van der Waals surface area contributed by atoms with E-state index in [2.05, 4.69) is 6.92 Å². The summed E-state index contributed by atoms with van der Waals surface area (Å²) in [6.45, 7) is 1.76. The maximum absolute atomic E-state index is 12.0. The summed E-state index contributed by atoms with van der Waals surface area (Å²) in [5.41, 5.74) is 0. The molecule has 0 aromatic carbocycles. The molecule has 0 heterocycles. The number of aliphatic hydroxyl groups excluding tert-OH is 2. The van der Waals surface area contributed by atoms with E-state index in [4.69, 9.17) is 5.11 Å². The molecule has 1 aliphatic rings. The number of carbonyl (C=O) groups excluding carboxylic acids is 2. The zero-order chi connectivity index (χ0) is 19.9. The molecule has 0 aliphatic heterocycles. The Kier molecular flexibility index (Phi) is 12.3. The molecule has 3 atom stereocenters. The zero-order valence-corrected chi connectivity index (χ0v) is 16.4. The Labute approximate surface area is 163 Å². The Morgan fingerprint density at radius 2 is 1.96 bits per heavy atom. The second-order valence-electron chi connectivity index (χ2n) is 7.04. The smallest absolute Gasteiger partial charge is 0.159 e. The van der Waals surface area contributed by atoms with Crippen molar-refractivity contribution in [1.82, 2.24) is 0 Å². The van der Waals surface area contributed by atoms with Crippen LogP contribution in [-0.2, 0) is 9.59 Å². The summed E-state index contributed by atoms with van der Waals surface area (Å²) in [7, 11) is 0. The van der Waals surface area contributed by atoms with E-state index < -0.39 is 6.10 Å². The number of rotatable bonds is 14. The third-order valence-corrected chi connectivity index (χ3v) is 4.69. The fraction of sp³-hybridized carbons (Fsp3) is 0.565. The predicted octanol–water partition coefficient (Wildman–Crippen LogP) is 4.09. The van der Waals surface area contributed by atoms with E-state index in [0.717, 1.165) is 32.1 Å². The van der Waals surface area contributed by atoms with Gasteiger partial charge in [0.15, 0.2) is 11.6 Å². The van der Waals surface area contributed by atoms with Gasteiger partial charge < -0.3 is 10.2 Å². The molecule has 0 aromatic rings. The van der Waals surface area contributed by atoms with Gasteiger partial charge in [-0.1, -0.05) is 62.3 Å². The van der Waals surface area contributed by atoms with Crippen LogP contribution in [0.25, 0.3) is 0 Å². The van der Waals surface area contributed by atoms with Crippen LogP contribution in [0.15, 0.2) is 48.6 Å². The van der Waals surface area contributed by atoms with E-state index in [-0.39, 0.29) is 30.0 Å². The molecule has 0 radical (unpaired) electrons. The second-order valence-corrected chi connectivity index (χ2v) is 7.04. The number of allylic oxidation sites excluding steroid dienone is 6. The van der Waals surface area contributed by atoms with Crippen molar-refractivity contribution in [3.63, 3.8) is 0 Å². The largest absolute Gasteiger partial charge is 0.389 e. The van der Waals surface area contributed by atoms with Crippen LogP contribution in [0.3, 0.4) is 0 Å². The number of carbonyl (C=O) groups is 2. The molecule has 4 heteroatoms. The van der Waals surface area contributed by atoms with Crippen molar-refractivity contribution in [2.24, 2.45) is 11.8 Å². The van der Waals surface area contributed by atoms with Gasteiger partial charge in [0.05, 0.1) is 6.10 Å². The van der Waals surface area contributed by atoms with E-state index in [1.54, 1.807) is 6.08 Å². The number of hydrogen-bond acceptors (Lipinski definition) is 4. The number of Topliss-reactive ketones (excluding diaryl/α,β-unsaturated/α-hetero) is 1. The minimum absolute atomic E-state index is 0.0752. The van der Waals surface area contributed by atoms with Crippen molar-refractivity contribution in [2.75, 3.05) is 6.61 Å². The van der Waals surface area contributed by atoms with E-state index in [0.29, 0.717) is 19.3 Å². The molecule has 2 N–H and O–H groups in total. The van der Waals surface area contributed by atoms with Crippen LogP contribution in [0.5, 0.6) is 0 Å². The first-order valence-electron chi connectivity index (χ1n) is 10.1. The number of ketones is 2. The van der Waals surface area contributed by atoms with Crippen LogP contribution >= 0.6 is 0 Å². The summed E-state index contributed by atoms with van der Waals surface area (Å²) in [5.74, 6) is 0.0131. The first-order valence-corrected chi connectivity index (χ1v) is 10.1. The molecular weight excluding hydrogens is 340 g/mol. The SMILES string of the molecule is CCCCC=CC(O)C/C=C/[C@H]1C=CC(=O)[C@@H]1C/C=C\CCCC(=O)CO. The summed E-state index contributed by atoms with van der Waals surface area (Å²) >= 11 is 0. The molecule has 1 rings (SSSR count). The van der Waals surface area contributed by atoms with Gasteiger partial charge in [0.2, 0.25) is 0 Å². The fourth-order valence-electron chi connectivity index (χ4n) is 3.01. The van der Waals surface area contributed by atoms with Gasteiger partial charge >= 0.3 is 0 Å². The lowest BCUT2D eigenvalue weighted by atomic mass is 9.90. The molecule has 0 saturated heterocycles. The Hall–Kier alpha value is -1.78. The van der Waals surface area contributed by atoms with Gasteiger partial charge in [0.25, 0.3) is 0 Å². The Bertz CT molecular complexity index is 557. The third-order valence-electron chi connectivity index (χ3n) is 4.69. The molecule has 0 spiro atoms. The fourth-order valence-corrected chi connectivity index (χ4v) is 3.01. The van der Waals surface area contributed by atoms with Crippen molar-refractivity contribution in [3.05, 3.63) is 48.6 Å². The molecular formula is C23H34O4. The average Bonchev–Trinajstić information content (AvgIpc) is 3.01. The summed E-state index contributed by atoms with van der Waals surface area (Å²) in [4.78, 5) is 23.1. The Morgan fingerprint density at radius 1 is 1.19 bits per heavy atom. The van der Waals surface area contributed by atoms with Crippen molar-refractivity contribution in [1.29, 1.82) is 0 Å². The molecule has 0 amide bonds. The van der Waals surface area contributed by atoms with E-state index >= 15 is 0 Å². The summed E-state index contributed by atoms with van der Waals surface area (Å²) in [5, 5.41) is 18.6. The highest BCUT2D eigenvalue weighted by molar-refractivity contribution is 5.95. The maximum Gasteiger partial charge on any atom is 0.159 e. The Balaban J connectivity index is 2.35. The van der Waals surface area contributed by atoms with Gasteiger partial charge in [-0.2, -0.15) is 0 Å². The maximum atomic E-state index is 12.0. The van der Waals surface area contributed by atoms with Crippen LogP contribution in [0.4, 0.5) is 0 Å². The van der Waals surface area contributed by atoms with Crippen molar-refractivity contribution in [2.45, 2.75) is 64.4 Å². The lowest BCUT2D eigenvalue weighted by Crippen LogP contribution is -2.13. The highest BCUT2D eigenvalue weighted by atomic mass is 16.3. The lowest BCUT2D eigenvalue weighted by molar-refractivity contribution is -0.121. The topological polar surface area (TPSA) is 74.6 Å². The molecule has 1 aliphatic carbocycles. The van der Waals surface area contributed by atoms with Gasteiger partial charge in [0, 0.05) is 18.3 Å². The summed E-state index contributed by atoms with van der Waals surface area (Å²) in [6.07, 6.45) is 21.4. The molecule has 27 heavy (non-hydrogen) atoms. The average molecular weight is 375 g/mol. The molecule has 0 fully saturated rings. The Morgan fingerprint density at radius 3 is 2.70 bits per heavy atom. The van der Waals surface area contributed by atoms with Crippen LogP contribution in [-0.4, -0.2) is 34.5 Å². The van der Waals surface area contributed by atoms with Crippen molar-refractivity contribution in [3.8, 4) is 0 Å². The lowest BCUT2D eigenvalue weighted by Gasteiger charge is -2.12. The number of hydrogen-bond donors (Lipinski definition) is 2. The molecule has 0 saturated carbocycles. The van der Waals surface area contributed by atoms with E-state index in [1.807, 2.05) is 42.5 Å². The molecule has 0 aromatic heterocycles. The minimum atomic E-state index is -0.473. The van der Waals surface area contributed by atoms with Gasteiger partial charge in [-0.3, -0.25) is 9.59 Å². The number of aliphatic hydroxyl groups is 2. The molecule has 0 bridgehead atoms. The molecule has 1 unspecified atom stereocenters. The standard InChI is InChI=1S/C23H34O4/c1-2-3-4-7-12-20(25)14-10-11-19-16-17-23(27)22(19)15-9-6-5-8-13-21(26)18-24/h6-7,9-12,16-17,19-20,22,24-25H,2-5,8,13-15,18H2,1H3/b9-6-,11-10+,12-7?/t19-,20?,22+/m0/s1. The van der Waals surface area contributed by atoms with Crippen LogP contribution in [0.1, 0.15) is 58.3 Å². The highest BCUT2D eigenvalue weighted by Gasteiger charge is 2.26. The first kappa shape index (κ1) is 23.3. The second kappa shape index (κ2) is 14.3. The first-order chi connectivity index (χ1) is 13.1. The minimum Gasteiger partial charge on any atom is -0.389 e. The molecule has 4 nitrogen and oxygen atoms in total. The zero-order valence-electron chi connectivity index (χ0n) is 16.4. The van der Waals surface area contributed by atoms with E-state index in [9.17, 15) is 14.7 Å². The number of unbranched alkanes of at least 4 members (excludes halogenated alkanes) is 3. The quantitative estimate of drug-likeness (QED) is 0.355.